The quantitative estimate of drug-likeness (QED) is 0.513. The van der Waals surface area contributed by atoms with Crippen molar-refractivity contribution in [2.24, 2.45) is 7.05 Å². The number of aryl methyl sites for hydroxylation is 2. The van der Waals surface area contributed by atoms with Crippen molar-refractivity contribution in [1.82, 2.24) is 9.78 Å². The van der Waals surface area contributed by atoms with E-state index in [0.717, 1.165) is 28.1 Å². The molecule has 1 N–H and O–H groups in total. The van der Waals surface area contributed by atoms with Crippen LogP contribution in [0.15, 0.2) is 60.7 Å². The summed E-state index contributed by atoms with van der Waals surface area (Å²) in [6.07, 6.45) is 2.96. The Bertz CT molecular complexity index is 1050. The molecule has 0 radical (unpaired) electrons. The maximum Gasteiger partial charge on any atom is 0.331 e. The number of nitrogens with one attached hydrogen (secondary N) is 1. The van der Waals surface area contributed by atoms with Crippen LogP contribution < -0.4 is 5.32 Å². The first-order valence-corrected chi connectivity index (χ1v) is 9.25. The average molecular weight is 389 g/mol. The number of aromatic nitrogens is 2. The fraction of sp³-hybridized carbons (Fsp3) is 0.174. The number of anilines is 1. The van der Waals surface area contributed by atoms with E-state index >= 15 is 0 Å². The number of para-hydroxylation sites is 1. The molecule has 1 aromatic heterocycles. The van der Waals surface area contributed by atoms with Crippen molar-refractivity contribution in [3.8, 4) is 11.1 Å². The van der Waals surface area contributed by atoms with Gasteiger partial charge in [0.15, 0.2) is 6.61 Å². The Morgan fingerprint density at radius 1 is 1.07 bits per heavy atom. The van der Waals surface area contributed by atoms with Crippen LogP contribution in [-0.2, 0) is 21.4 Å². The first-order valence-electron chi connectivity index (χ1n) is 9.25. The fourth-order valence-electron chi connectivity index (χ4n) is 3.02. The van der Waals surface area contributed by atoms with Crippen LogP contribution in [0.25, 0.3) is 17.2 Å². The van der Waals surface area contributed by atoms with Gasteiger partial charge in [0.1, 0.15) is 0 Å². The molecule has 3 aromatic rings. The highest BCUT2D eigenvalue weighted by Crippen LogP contribution is 2.27. The maximum absolute atomic E-state index is 12.3. The largest absolute Gasteiger partial charge is 0.452 e. The molecule has 1 heterocycles. The van der Waals surface area contributed by atoms with Crippen molar-refractivity contribution >= 4 is 23.6 Å². The van der Waals surface area contributed by atoms with E-state index in [0.29, 0.717) is 5.69 Å². The van der Waals surface area contributed by atoms with Gasteiger partial charge in [0.2, 0.25) is 0 Å². The van der Waals surface area contributed by atoms with E-state index in [-0.39, 0.29) is 6.61 Å². The Labute approximate surface area is 169 Å². The number of benzene rings is 2. The fourth-order valence-corrected chi connectivity index (χ4v) is 3.02. The summed E-state index contributed by atoms with van der Waals surface area (Å²) in [7, 11) is 1.84. The highest BCUT2D eigenvalue weighted by molar-refractivity contribution is 5.97. The summed E-state index contributed by atoms with van der Waals surface area (Å²) < 4.78 is 6.81. The van der Waals surface area contributed by atoms with Crippen molar-refractivity contribution in [2.75, 3.05) is 11.9 Å². The SMILES string of the molecule is Cc1nn(C)c(C)c1/C=C/C(=O)OCC(=O)Nc1ccccc1-c1ccccc1. The summed E-state index contributed by atoms with van der Waals surface area (Å²) in [5.74, 6) is -0.983. The number of amides is 1. The third kappa shape index (κ3) is 4.99. The van der Waals surface area contributed by atoms with Gasteiger partial charge in [-0.1, -0.05) is 48.5 Å². The number of esters is 1. The molecule has 0 aliphatic rings. The standard InChI is InChI=1S/C23H23N3O3/c1-16-19(17(2)26(3)25-16)13-14-23(28)29-15-22(27)24-21-12-8-7-11-20(21)18-9-5-4-6-10-18/h4-14H,15H2,1-3H3,(H,24,27)/b14-13+. The Hall–Kier alpha value is -3.67. The lowest BCUT2D eigenvalue weighted by atomic mass is 10.0. The summed E-state index contributed by atoms with van der Waals surface area (Å²) in [4.78, 5) is 24.2. The van der Waals surface area contributed by atoms with E-state index in [4.69, 9.17) is 4.74 Å². The number of hydrogen-bond donors (Lipinski definition) is 1. The van der Waals surface area contributed by atoms with E-state index in [9.17, 15) is 9.59 Å². The zero-order chi connectivity index (χ0) is 20.8. The van der Waals surface area contributed by atoms with Crippen LogP contribution in [0.5, 0.6) is 0 Å². The molecule has 0 aliphatic carbocycles. The molecule has 148 valence electrons. The molecule has 6 heteroatoms. The molecule has 29 heavy (non-hydrogen) atoms. The molecule has 0 saturated heterocycles. The minimum absolute atomic E-state index is 0.364. The summed E-state index contributed by atoms with van der Waals surface area (Å²) in [6, 6.07) is 17.2. The Morgan fingerprint density at radius 3 is 2.45 bits per heavy atom. The van der Waals surface area contributed by atoms with E-state index in [2.05, 4.69) is 10.4 Å². The molecule has 2 aromatic carbocycles. The van der Waals surface area contributed by atoms with Gasteiger partial charge in [0, 0.05) is 35.6 Å². The number of carbonyl (C=O) groups is 2. The normalized spacial score (nSPS) is 10.9. The zero-order valence-corrected chi connectivity index (χ0v) is 16.7. The number of rotatable bonds is 6. The molecule has 0 bridgehead atoms. The third-order valence-corrected chi connectivity index (χ3v) is 4.58. The summed E-state index contributed by atoms with van der Waals surface area (Å²) >= 11 is 0. The molecule has 0 atom stereocenters. The third-order valence-electron chi connectivity index (χ3n) is 4.58. The highest BCUT2D eigenvalue weighted by Gasteiger charge is 2.11. The lowest BCUT2D eigenvalue weighted by Crippen LogP contribution is -2.20. The van der Waals surface area contributed by atoms with Crippen LogP contribution in [0.4, 0.5) is 5.69 Å². The summed E-state index contributed by atoms with van der Waals surface area (Å²) in [5, 5.41) is 7.10. The van der Waals surface area contributed by atoms with Crippen LogP contribution in [0, 0.1) is 13.8 Å². The van der Waals surface area contributed by atoms with Crippen LogP contribution in [0.1, 0.15) is 17.0 Å². The first kappa shape index (κ1) is 20.1. The van der Waals surface area contributed by atoms with Crippen molar-refractivity contribution in [1.29, 1.82) is 0 Å². The minimum atomic E-state index is -0.584. The minimum Gasteiger partial charge on any atom is -0.452 e. The Balaban J connectivity index is 1.59. The van der Waals surface area contributed by atoms with Crippen LogP contribution in [0.2, 0.25) is 0 Å². The van der Waals surface area contributed by atoms with Crippen LogP contribution in [0.3, 0.4) is 0 Å². The molecule has 1 amide bonds. The van der Waals surface area contributed by atoms with E-state index < -0.39 is 11.9 Å². The number of ether oxygens (including phenoxy) is 1. The van der Waals surface area contributed by atoms with Crippen molar-refractivity contribution < 1.29 is 14.3 Å². The Kier molecular flexibility index (Phi) is 6.24. The molecule has 0 unspecified atom stereocenters. The first-order chi connectivity index (χ1) is 14.0. The lowest BCUT2D eigenvalue weighted by Gasteiger charge is -2.11. The molecule has 0 spiro atoms. The van der Waals surface area contributed by atoms with Crippen LogP contribution >= 0.6 is 0 Å². The lowest BCUT2D eigenvalue weighted by molar-refractivity contribution is -0.142. The predicted molar refractivity (Wildman–Crippen MR) is 113 cm³/mol. The number of hydrogen-bond acceptors (Lipinski definition) is 4. The molecule has 0 saturated carbocycles. The van der Waals surface area contributed by atoms with Gasteiger partial charge >= 0.3 is 5.97 Å². The van der Waals surface area contributed by atoms with E-state index in [1.165, 1.54) is 6.08 Å². The van der Waals surface area contributed by atoms with E-state index in [1.807, 2.05) is 75.5 Å². The topological polar surface area (TPSA) is 73.2 Å². The van der Waals surface area contributed by atoms with Gasteiger partial charge in [-0.25, -0.2) is 4.79 Å². The van der Waals surface area contributed by atoms with Gasteiger partial charge in [0.05, 0.1) is 5.69 Å². The molecule has 0 aliphatic heterocycles. The second-order valence-electron chi connectivity index (χ2n) is 6.61. The molecule has 6 nitrogen and oxygen atoms in total. The second-order valence-corrected chi connectivity index (χ2v) is 6.61. The van der Waals surface area contributed by atoms with Crippen molar-refractivity contribution in [3.63, 3.8) is 0 Å². The molecule has 0 fully saturated rings. The smallest absolute Gasteiger partial charge is 0.331 e. The van der Waals surface area contributed by atoms with Gasteiger partial charge in [-0.3, -0.25) is 9.48 Å². The van der Waals surface area contributed by atoms with Gasteiger partial charge in [0.25, 0.3) is 5.91 Å². The van der Waals surface area contributed by atoms with Gasteiger partial charge in [-0.2, -0.15) is 5.10 Å². The van der Waals surface area contributed by atoms with Gasteiger partial charge in [-0.05, 0) is 31.6 Å². The number of carbonyl (C=O) groups excluding carboxylic acids is 2. The highest BCUT2D eigenvalue weighted by atomic mass is 16.5. The summed E-state index contributed by atoms with van der Waals surface area (Å²) in [6.45, 7) is 3.43. The van der Waals surface area contributed by atoms with E-state index in [1.54, 1.807) is 10.8 Å². The number of nitrogens with zero attached hydrogens (tertiary/aromatic N) is 2. The maximum atomic E-state index is 12.3. The predicted octanol–water partition coefficient (Wildman–Crippen LogP) is 3.90. The average Bonchev–Trinajstić information content (AvgIpc) is 2.97. The van der Waals surface area contributed by atoms with Crippen LogP contribution in [-0.4, -0.2) is 28.3 Å². The van der Waals surface area contributed by atoms with Crippen molar-refractivity contribution in [3.05, 3.63) is 77.6 Å². The molecule has 3 rings (SSSR count). The second kappa shape index (κ2) is 9.01. The summed E-state index contributed by atoms with van der Waals surface area (Å²) in [5.41, 5.74) is 5.19. The molecular weight excluding hydrogens is 366 g/mol. The van der Waals surface area contributed by atoms with Gasteiger partial charge < -0.3 is 10.1 Å². The van der Waals surface area contributed by atoms with Crippen molar-refractivity contribution in [2.45, 2.75) is 13.8 Å². The van der Waals surface area contributed by atoms with Gasteiger partial charge in [-0.15, -0.1) is 0 Å². The Morgan fingerprint density at radius 2 is 1.76 bits per heavy atom. The monoisotopic (exact) mass is 389 g/mol. The molecular formula is C23H23N3O3. The zero-order valence-electron chi connectivity index (χ0n) is 16.7.